The minimum Gasteiger partial charge on any atom is -0.485 e. The molecule has 1 saturated carbocycles. The van der Waals surface area contributed by atoms with Gasteiger partial charge in [-0.3, -0.25) is 0 Å². The molecule has 0 unspecified atom stereocenters. The van der Waals surface area contributed by atoms with Gasteiger partial charge >= 0.3 is 0 Å². The van der Waals surface area contributed by atoms with Crippen LogP contribution < -0.4 is 4.74 Å². The second-order valence-corrected chi connectivity index (χ2v) is 7.93. The minimum atomic E-state index is 0.135. The molecule has 0 heterocycles. The molecular formula is C24H27NO. The van der Waals surface area contributed by atoms with Crippen molar-refractivity contribution in [1.82, 2.24) is 0 Å². The summed E-state index contributed by atoms with van der Waals surface area (Å²) in [6.45, 7) is 1.98. The number of fused-ring (bicyclic) bond motifs is 1. The third-order valence-corrected chi connectivity index (χ3v) is 6.33. The Morgan fingerprint density at radius 1 is 1.00 bits per heavy atom. The third-order valence-electron chi connectivity index (χ3n) is 6.33. The Morgan fingerprint density at radius 2 is 1.81 bits per heavy atom. The van der Waals surface area contributed by atoms with Gasteiger partial charge in [-0.2, -0.15) is 5.26 Å². The molecule has 0 aliphatic heterocycles. The lowest BCUT2D eigenvalue weighted by atomic mass is 9.70. The molecule has 0 saturated heterocycles. The molecule has 2 heteroatoms. The fraction of sp³-hybridized carbons (Fsp3) is 0.458. The molecule has 2 aromatic carbocycles. The van der Waals surface area contributed by atoms with Crippen molar-refractivity contribution in [2.45, 2.75) is 58.0 Å². The van der Waals surface area contributed by atoms with Gasteiger partial charge in [0, 0.05) is 5.92 Å². The van der Waals surface area contributed by atoms with E-state index in [9.17, 15) is 5.26 Å². The second kappa shape index (κ2) is 7.54. The van der Waals surface area contributed by atoms with Crippen LogP contribution in [0.2, 0.25) is 0 Å². The first-order chi connectivity index (χ1) is 12.8. The van der Waals surface area contributed by atoms with E-state index < -0.39 is 0 Å². The molecule has 0 bridgehead atoms. The van der Waals surface area contributed by atoms with E-state index in [1.807, 2.05) is 25.1 Å². The summed E-state index contributed by atoms with van der Waals surface area (Å²) in [6.07, 6.45) is 9.34. The largest absolute Gasteiger partial charge is 0.485 e. The number of rotatable bonds is 3. The predicted molar refractivity (Wildman–Crippen MR) is 104 cm³/mol. The van der Waals surface area contributed by atoms with Crippen LogP contribution in [-0.2, 0) is 6.42 Å². The fourth-order valence-electron chi connectivity index (χ4n) is 4.92. The molecule has 2 aliphatic carbocycles. The molecule has 0 amide bonds. The van der Waals surface area contributed by atoms with Crippen molar-refractivity contribution in [1.29, 1.82) is 5.26 Å². The number of hydrogen-bond donors (Lipinski definition) is 0. The highest BCUT2D eigenvalue weighted by molar-refractivity contribution is 5.42. The van der Waals surface area contributed by atoms with Crippen molar-refractivity contribution in [2.24, 2.45) is 11.8 Å². The molecule has 2 aromatic rings. The summed E-state index contributed by atoms with van der Waals surface area (Å²) >= 11 is 0. The lowest BCUT2D eigenvalue weighted by molar-refractivity contribution is 0.0635. The molecule has 0 spiro atoms. The lowest BCUT2D eigenvalue weighted by Gasteiger charge is -2.40. The van der Waals surface area contributed by atoms with Gasteiger partial charge in [-0.05, 0) is 60.6 Å². The van der Waals surface area contributed by atoms with Crippen LogP contribution in [0.3, 0.4) is 0 Å². The van der Waals surface area contributed by atoms with E-state index in [2.05, 4.69) is 30.3 Å². The van der Waals surface area contributed by atoms with Gasteiger partial charge in [0.25, 0.3) is 0 Å². The van der Waals surface area contributed by atoms with Crippen molar-refractivity contribution in [3.63, 3.8) is 0 Å². The normalized spacial score (nSPS) is 23.1. The molecule has 1 fully saturated rings. The molecule has 0 aromatic heterocycles. The summed E-state index contributed by atoms with van der Waals surface area (Å²) in [5, 5.41) is 9.18. The molecule has 2 aliphatic rings. The Hall–Kier alpha value is -2.27. The fourth-order valence-corrected chi connectivity index (χ4v) is 4.92. The average molecular weight is 345 g/mol. The summed E-state index contributed by atoms with van der Waals surface area (Å²) < 4.78 is 6.62. The first kappa shape index (κ1) is 17.2. The lowest BCUT2D eigenvalue weighted by Crippen LogP contribution is -2.32. The van der Waals surface area contributed by atoms with Gasteiger partial charge < -0.3 is 4.74 Å². The van der Waals surface area contributed by atoms with Crippen molar-refractivity contribution < 1.29 is 4.74 Å². The predicted octanol–water partition coefficient (Wildman–Crippen LogP) is 6.13. The Balaban J connectivity index is 1.66. The highest BCUT2D eigenvalue weighted by Crippen LogP contribution is 2.45. The van der Waals surface area contributed by atoms with Gasteiger partial charge in [0.15, 0.2) is 0 Å². The topological polar surface area (TPSA) is 33.0 Å². The quantitative estimate of drug-likeness (QED) is 0.670. The van der Waals surface area contributed by atoms with E-state index in [1.54, 1.807) is 0 Å². The number of aryl methyl sites for hydroxylation is 2. The zero-order chi connectivity index (χ0) is 17.9. The van der Waals surface area contributed by atoms with Crippen molar-refractivity contribution in [2.75, 3.05) is 0 Å². The molecule has 0 radical (unpaired) electrons. The van der Waals surface area contributed by atoms with Gasteiger partial charge in [0.2, 0.25) is 0 Å². The van der Waals surface area contributed by atoms with Crippen molar-refractivity contribution in [3.8, 4) is 11.8 Å². The minimum absolute atomic E-state index is 0.135. The van der Waals surface area contributed by atoms with Crippen LogP contribution in [-0.4, -0.2) is 0 Å². The number of hydrogen-bond acceptors (Lipinski definition) is 2. The van der Waals surface area contributed by atoms with Crippen LogP contribution in [0.4, 0.5) is 0 Å². The van der Waals surface area contributed by atoms with Crippen LogP contribution in [0.5, 0.6) is 5.75 Å². The Morgan fingerprint density at radius 3 is 2.58 bits per heavy atom. The molecular weight excluding hydrogens is 318 g/mol. The Bertz CT molecular complexity index is 813. The van der Waals surface area contributed by atoms with E-state index in [0.29, 0.717) is 5.92 Å². The number of nitrogens with zero attached hydrogens (tertiary/aromatic N) is 1. The smallest absolute Gasteiger partial charge is 0.127 e. The number of nitriles is 1. The maximum Gasteiger partial charge on any atom is 0.127 e. The number of ether oxygens (including phenoxy) is 1. The third kappa shape index (κ3) is 3.36. The molecule has 2 atom stereocenters. The monoisotopic (exact) mass is 345 g/mol. The summed E-state index contributed by atoms with van der Waals surface area (Å²) in [5.41, 5.74) is 4.53. The van der Waals surface area contributed by atoms with Gasteiger partial charge in [0.05, 0.1) is 11.6 Å². The van der Waals surface area contributed by atoms with Gasteiger partial charge in [0.1, 0.15) is 11.9 Å². The summed E-state index contributed by atoms with van der Waals surface area (Å²) in [4.78, 5) is 0. The first-order valence-electron chi connectivity index (χ1n) is 10.0. The highest BCUT2D eigenvalue weighted by Gasteiger charge is 2.36. The van der Waals surface area contributed by atoms with Crippen LogP contribution in [0.1, 0.15) is 66.9 Å². The van der Waals surface area contributed by atoms with E-state index in [0.717, 1.165) is 22.8 Å². The molecule has 26 heavy (non-hydrogen) atoms. The molecule has 134 valence electrons. The standard InChI is InChI=1S/C24H27NO/c1-17-15-21(13-11-20(17)16-25)26-24-22-10-6-5-9-19(22)12-14-23(24)18-7-3-2-4-8-18/h5-6,9-11,13,15,18,23-24H,2-4,7-8,12,14H2,1H3/t23-,24+/m1/s1. The average Bonchev–Trinajstić information content (AvgIpc) is 2.69. The summed E-state index contributed by atoms with van der Waals surface area (Å²) in [5.74, 6) is 2.27. The second-order valence-electron chi connectivity index (χ2n) is 7.93. The maximum atomic E-state index is 9.18. The van der Waals surface area contributed by atoms with Crippen LogP contribution in [0, 0.1) is 30.1 Å². The number of benzene rings is 2. The maximum absolute atomic E-state index is 9.18. The Labute approximate surface area is 156 Å². The van der Waals surface area contributed by atoms with E-state index in [1.165, 1.54) is 56.1 Å². The van der Waals surface area contributed by atoms with E-state index in [-0.39, 0.29) is 6.10 Å². The summed E-state index contributed by atoms with van der Waals surface area (Å²) in [7, 11) is 0. The van der Waals surface area contributed by atoms with Crippen LogP contribution in [0.25, 0.3) is 0 Å². The van der Waals surface area contributed by atoms with Gasteiger partial charge in [-0.1, -0.05) is 56.4 Å². The van der Waals surface area contributed by atoms with E-state index in [4.69, 9.17) is 4.74 Å². The van der Waals surface area contributed by atoms with E-state index >= 15 is 0 Å². The Kier molecular flexibility index (Phi) is 4.98. The molecule has 0 N–H and O–H groups in total. The highest BCUT2D eigenvalue weighted by atomic mass is 16.5. The van der Waals surface area contributed by atoms with Gasteiger partial charge in [-0.15, -0.1) is 0 Å². The first-order valence-corrected chi connectivity index (χ1v) is 10.0. The zero-order valence-electron chi connectivity index (χ0n) is 15.6. The van der Waals surface area contributed by atoms with Crippen LogP contribution >= 0.6 is 0 Å². The van der Waals surface area contributed by atoms with Crippen molar-refractivity contribution in [3.05, 3.63) is 64.7 Å². The molecule has 4 rings (SSSR count). The zero-order valence-corrected chi connectivity index (χ0v) is 15.6. The van der Waals surface area contributed by atoms with Gasteiger partial charge in [-0.25, -0.2) is 0 Å². The van der Waals surface area contributed by atoms with Crippen molar-refractivity contribution >= 4 is 0 Å². The SMILES string of the molecule is Cc1cc(O[C@H]2c3ccccc3CC[C@@H]2C2CCCCC2)ccc1C#N. The summed E-state index contributed by atoms with van der Waals surface area (Å²) in [6, 6.07) is 16.9. The van der Waals surface area contributed by atoms with Crippen LogP contribution in [0.15, 0.2) is 42.5 Å². The molecule has 2 nitrogen and oxygen atoms in total.